The van der Waals surface area contributed by atoms with E-state index < -0.39 is 0 Å². The monoisotopic (exact) mass is 321 g/mol. The molecular weight excluding hydrogens is 305 g/mol. The van der Waals surface area contributed by atoms with Gasteiger partial charge in [-0.2, -0.15) is 0 Å². The molecule has 116 valence electrons. The first-order valence-electron chi connectivity index (χ1n) is 6.87. The molecule has 0 saturated heterocycles. The lowest BCUT2D eigenvalue weighted by Gasteiger charge is -2.35. The van der Waals surface area contributed by atoms with Crippen molar-refractivity contribution in [3.05, 3.63) is 29.8 Å². The van der Waals surface area contributed by atoms with Crippen LogP contribution in [-0.4, -0.2) is 47.0 Å². The summed E-state index contributed by atoms with van der Waals surface area (Å²) < 4.78 is 13.4. The number of carbonyl (C=O) groups excluding carboxylic acids is 1. The van der Waals surface area contributed by atoms with Gasteiger partial charge >= 0.3 is 0 Å². The second kappa shape index (κ2) is 5.96. The number of amides is 1. The summed E-state index contributed by atoms with van der Waals surface area (Å²) in [4.78, 5) is 20.3. The molecule has 0 bridgehead atoms. The molecule has 6 nitrogen and oxygen atoms in total. The Morgan fingerprint density at radius 1 is 1.41 bits per heavy atom. The van der Waals surface area contributed by atoms with Gasteiger partial charge in [0.1, 0.15) is 11.6 Å². The van der Waals surface area contributed by atoms with Crippen LogP contribution in [0.15, 0.2) is 23.4 Å². The van der Waals surface area contributed by atoms with Crippen molar-refractivity contribution in [3.8, 4) is 0 Å². The molecule has 1 N–H and O–H groups in total. The van der Waals surface area contributed by atoms with Crippen LogP contribution in [0.25, 0.3) is 0 Å². The number of fused-ring (bicyclic) bond motifs is 1. The highest BCUT2D eigenvalue weighted by Gasteiger charge is 2.25. The van der Waals surface area contributed by atoms with Gasteiger partial charge in [-0.1, -0.05) is 11.8 Å². The molecule has 3 rings (SSSR count). The summed E-state index contributed by atoms with van der Waals surface area (Å²) in [6, 6.07) is 4.49. The fourth-order valence-electron chi connectivity index (χ4n) is 2.37. The molecular formula is C14H16FN5OS. The SMILES string of the molecule is Cc1nc(SCC(=O)N2CCN(C)c3cc(F)ccc32)n[nH]1. The smallest absolute Gasteiger partial charge is 0.237 e. The van der Waals surface area contributed by atoms with Gasteiger partial charge in [-0.25, -0.2) is 9.37 Å². The fourth-order valence-corrected chi connectivity index (χ4v) is 3.09. The van der Waals surface area contributed by atoms with Crippen LogP contribution in [0.2, 0.25) is 0 Å². The number of nitrogens with zero attached hydrogens (tertiary/aromatic N) is 4. The summed E-state index contributed by atoms with van der Waals surface area (Å²) in [7, 11) is 1.89. The number of hydrogen-bond donors (Lipinski definition) is 1. The Balaban J connectivity index is 1.75. The van der Waals surface area contributed by atoms with E-state index in [9.17, 15) is 9.18 Å². The highest BCUT2D eigenvalue weighted by Crippen LogP contribution is 2.33. The third-order valence-electron chi connectivity index (χ3n) is 3.50. The summed E-state index contributed by atoms with van der Waals surface area (Å²) in [5, 5.41) is 7.30. The molecule has 8 heteroatoms. The molecule has 1 aliphatic rings. The molecule has 0 fully saturated rings. The van der Waals surface area contributed by atoms with E-state index in [1.165, 1.54) is 23.9 Å². The molecule has 2 aromatic rings. The third-order valence-corrected chi connectivity index (χ3v) is 4.33. The van der Waals surface area contributed by atoms with E-state index in [0.717, 1.165) is 17.2 Å². The number of anilines is 2. The fraction of sp³-hybridized carbons (Fsp3) is 0.357. The molecule has 1 aromatic carbocycles. The Labute approximate surface area is 131 Å². The van der Waals surface area contributed by atoms with Crippen molar-refractivity contribution in [2.45, 2.75) is 12.1 Å². The van der Waals surface area contributed by atoms with E-state index in [-0.39, 0.29) is 17.5 Å². The van der Waals surface area contributed by atoms with Crippen LogP contribution >= 0.6 is 11.8 Å². The minimum absolute atomic E-state index is 0.0339. The molecule has 0 aliphatic carbocycles. The molecule has 22 heavy (non-hydrogen) atoms. The van der Waals surface area contributed by atoms with Gasteiger partial charge in [-0.3, -0.25) is 9.89 Å². The van der Waals surface area contributed by atoms with Crippen LogP contribution in [0.1, 0.15) is 5.82 Å². The number of hydrogen-bond acceptors (Lipinski definition) is 5. The van der Waals surface area contributed by atoms with Gasteiger partial charge in [0.25, 0.3) is 0 Å². The Morgan fingerprint density at radius 3 is 2.95 bits per heavy atom. The van der Waals surface area contributed by atoms with Crippen LogP contribution in [0.3, 0.4) is 0 Å². The van der Waals surface area contributed by atoms with E-state index in [4.69, 9.17) is 0 Å². The second-order valence-electron chi connectivity index (χ2n) is 5.09. The normalized spacial score (nSPS) is 14.1. The number of nitrogens with one attached hydrogen (secondary N) is 1. The molecule has 2 heterocycles. The Hall–Kier alpha value is -2.09. The van der Waals surface area contributed by atoms with E-state index in [2.05, 4.69) is 15.2 Å². The maximum Gasteiger partial charge on any atom is 0.237 e. The maximum atomic E-state index is 13.4. The van der Waals surface area contributed by atoms with Crippen molar-refractivity contribution >= 4 is 29.0 Å². The molecule has 0 radical (unpaired) electrons. The van der Waals surface area contributed by atoms with Gasteiger partial charge in [0.15, 0.2) is 0 Å². The lowest BCUT2D eigenvalue weighted by atomic mass is 10.1. The predicted molar refractivity (Wildman–Crippen MR) is 83.9 cm³/mol. The Morgan fingerprint density at radius 2 is 2.23 bits per heavy atom. The van der Waals surface area contributed by atoms with E-state index in [1.807, 2.05) is 18.9 Å². The van der Waals surface area contributed by atoms with Gasteiger partial charge < -0.3 is 9.80 Å². The van der Waals surface area contributed by atoms with Gasteiger partial charge in [-0.15, -0.1) is 5.10 Å². The Bertz CT molecular complexity index is 704. The predicted octanol–water partition coefficient (Wildman–Crippen LogP) is 1.83. The zero-order valence-electron chi connectivity index (χ0n) is 12.3. The first-order chi connectivity index (χ1) is 10.5. The summed E-state index contributed by atoms with van der Waals surface area (Å²) in [5.41, 5.74) is 1.48. The molecule has 1 amide bonds. The number of aryl methyl sites for hydroxylation is 1. The van der Waals surface area contributed by atoms with Crippen molar-refractivity contribution in [3.63, 3.8) is 0 Å². The van der Waals surface area contributed by atoms with Gasteiger partial charge in [0.05, 0.1) is 17.1 Å². The topological polar surface area (TPSA) is 65.1 Å². The van der Waals surface area contributed by atoms with Crippen LogP contribution in [0, 0.1) is 12.7 Å². The number of likely N-dealkylation sites (N-methyl/N-ethyl adjacent to an activating group) is 1. The van der Waals surface area contributed by atoms with Crippen molar-refractivity contribution in [1.82, 2.24) is 15.2 Å². The average Bonchev–Trinajstić information content (AvgIpc) is 2.91. The minimum atomic E-state index is -0.300. The van der Waals surface area contributed by atoms with E-state index >= 15 is 0 Å². The number of carbonyl (C=O) groups is 1. The van der Waals surface area contributed by atoms with Crippen molar-refractivity contribution in [1.29, 1.82) is 0 Å². The van der Waals surface area contributed by atoms with Gasteiger partial charge in [-0.05, 0) is 25.1 Å². The first kappa shape index (κ1) is 14.8. The highest BCUT2D eigenvalue weighted by molar-refractivity contribution is 7.99. The quantitative estimate of drug-likeness (QED) is 0.874. The number of halogens is 1. The standard InChI is InChI=1S/C14H16FN5OS/c1-9-16-14(18-17-9)22-8-13(21)20-6-5-19(2)12-7-10(15)3-4-11(12)20/h3-4,7H,5-6,8H2,1-2H3,(H,16,17,18). The van der Waals surface area contributed by atoms with Gasteiger partial charge in [0.2, 0.25) is 11.1 Å². The summed E-state index contributed by atoms with van der Waals surface area (Å²) in [5.74, 6) is 0.631. The number of H-pyrrole nitrogens is 1. The Kier molecular flexibility index (Phi) is 4.02. The second-order valence-corrected chi connectivity index (χ2v) is 6.03. The summed E-state index contributed by atoms with van der Waals surface area (Å²) >= 11 is 1.29. The van der Waals surface area contributed by atoms with Crippen LogP contribution < -0.4 is 9.80 Å². The number of thioether (sulfide) groups is 1. The maximum absolute atomic E-state index is 13.4. The van der Waals surface area contributed by atoms with Crippen molar-refractivity contribution in [2.75, 3.05) is 35.7 Å². The molecule has 1 aliphatic heterocycles. The average molecular weight is 321 g/mol. The van der Waals surface area contributed by atoms with Crippen molar-refractivity contribution in [2.24, 2.45) is 0 Å². The van der Waals surface area contributed by atoms with Crippen LogP contribution in [-0.2, 0) is 4.79 Å². The van der Waals surface area contributed by atoms with E-state index in [1.54, 1.807) is 11.0 Å². The van der Waals surface area contributed by atoms with Gasteiger partial charge in [0, 0.05) is 20.1 Å². The molecule has 0 atom stereocenters. The molecule has 0 spiro atoms. The number of rotatable bonds is 3. The van der Waals surface area contributed by atoms with Crippen LogP contribution in [0.4, 0.5) is 15.8 Å². The van der Waals surface area contributed by atoms with E-state index in [0.29, 0.717) is 18.2 Å². The number of benzene rings is 1. The minimum Gasteiger partial charge on any atom is -0.371 e. The first-order valence-corrected chi connectivity index (χ1v) is 7.86. The number of aromatic amines is 1. The lowest BCUT2D eigenvalue weighted by molar-refractivity contribution is -0.116. The molecule has 0 unspecified atom stereocenters. The summed E-state index contributed by atoms with van der Waals surface area (Å²) in [6.07, 6.45) is 0. The lowest BCUT2D eigenvalue weighted by Crippen LogP contribution is -2.43. The largest absolute Gasteiger partial charge is 0.371 e. The molecule has 0 saturated carbocycles. The summed E-state index contributed by atoms with van der Waals surface area (Å²) in [6.45, 7) is 3.07. The zero-order chi connectivity index (χ0) is 15.7. The zero-order valence-corrected chi connectivity index (χ0v) is 13.2. The number of aromatic nitrogens is 3. The highest BCUT2D eigenvalue weighted by atomic mass is 32.2. The van der Waals surface area contributed by atoms with Crippen molar-refractivity contribution < 1.29 is 9.18 Å². The third kappa shape index (κ3) is 2.92. The van der Waals surface area contributed by atoms with Crippen LogP contribution in [0.5, 0.6) is 0 Å². The molecule has 1 aromatic heterocycles.